The summed E-state index contributed by atoms with van der Waals surface area (Å²) < 4.78 is 10.4. The van der Waals surface area contributed by atoms with Crippen molar-refractivity contribution in [2.45, 2.75) is 43.7 Å². The molecule has 1 fully saturated rings. The molecule has 0 radical (unpaired) electrons. The SMILES string of the molecule is COC(CC[SiH](C)C1CCCNC1)OC. The van der Waals surface area contributed by atoms with Gasteiger partial charge in [-0.05, 0) is 31.5 Å². The molecule has 0 aliphatic carbocycles. The number of hydrogen-bond acceptors (Lipinski definition) is 3. The van der Waals surface area contributed by atoms with Gasteiger partial charge in [-0.15, -0.1) is 0 Å². The zero-order chi connectivity index (χ0) is 11.1. The second kappa shape index (κ2) is 7.38. The molecule has 0 bridgehead atoms. The molecule has 1 aliphatic heterocycles. The number of ether oxygens (including phenoxy) is 2. The number of nitrogens with one attached hydrogen (secondary N) is 1. The van der Waals surface area contributed by atoms with Gasteiger partial charge in [0.25, 0.3) is 0 Å². The van der Waals surface area contributed by atoms with Crippen molar-refractivity contribution < 1.29 is 9.47 Å². The van der Waals surface area contributed by atoms with Gasteiger partial charge in [-0.25, -0.2) is 0 Å². The Hall–Kier alpha value is 0.0969. The summed E-state index contributed by atoms with van der Waals surface area (Å²) in [5, 5.41) is 3.50. The molecular weight excluding hydrogens is 206 g/mol. The van der Waals surface area contributed by atoms with E-state index >= 15 is 0 Å². The molecule has 1 N–H and O–H groups in total. The summed E-state index contributed by atoms with van der Waals surface area (Å²) in [5.41, 5.74) is 0.980. The third kappa shape index (κ3) is 4.63. The lowest BCUT2D eigenvalue weighted by Crippen LogP contribution is -2.34. The van der Waals surface area contributed by atoms with Crippen LogP contribution in [0.3, 0.4) is 0 Å². The number of hydrogen-bond donors (Lipinski definition) is 1. The maximum absolute atomic E-state index is 5.22. The summed E-state index contributed by atoms with van der Waals surface area (Å²) in [7, 11) is 2.86. The van der Waals surface area contributed by atoms with Crippen molar-refractivity contribution in [2.24, 2.45) is 0 Å². The maximum Gasteiger partial charge on any atom is 0.156 e. The zero-order valence-corrected chi connectivity index (χ0v) is 11.4. The Balaban J connectivity index is 2.18. The fourth-order valence-electron chi connectivity index (χ4n) is 2.33. The van der Waals surface area contributed by atoms with Crippen molar-refractivity contribution in [3.8, 4) is 0 Å². The van der Waals surface area contributed by atoms with Gasteiger partial charge in [0.1, 0.15) is 0 Å². The molecule has 0 amide bonds. The standard InChI is InChI=1S/C11H25NO2Si/c1-13-11(14-2)6-8-15(3)10-5-4-7-12-9-10/h10-12,15H,4-9H2,1-3H3. The Kier molecular flexibility index (Phi) is 6.48. The minimum atomic E-state index is -0.590. The molecular formula is C11H25NO2Si. The lowest BCUT2D eigenvalue weighted by molar-refractivity contribution is -0.103. The van der Waals surface area contributed by atoms with Crippen molar-refractivity contribution in [3.05, 3.63) is 0 Å². The first-order valence-corrected chi connectivity index (χ1v) is 8.68. The molecule has 0 aromatic heterocycles. The molecule has 1 rings (SSSR count). The van der Waals surface area contributed by atoms with E-state index in [1.54, 1.807) is 14.2 Å². The van der Waals surface area contributed by atoms with Crippen molar-refractivity contribution in [1.29, 1.82) is 0 Å². The Morgan fingerprint density at radius 3 is 2.67 bits per heavy atom. The molecule has 3 nitrogen and oxygen atoms in total. The molecule has 0 saturated carbocycles. The molecule has 1 aliphatic rings. The average Bonchev–Trinajstić information content (AvgIpc) is 2.31. The average molecular weight is 231 g/mol. The van der Waals surface area contributed by atoms with E-state index in [0.29, 0.717) is 0 Å². The molecule has 0 aromatic rings. The predicted molar refractivity (Wildman–Crippen MR) is 66.1 cm³/mol. The first kappa shape index (κ1) is 13.2. The summed E-state index contributed by atoms with van der Waals surface area (Å²) in [6.45, 7) is 4.95. The molecule has 2 atom stereocenters. The topological polar surface area (TPSA) is 30.5 Å². The summed E-state index contributed by atoms with van der Waals surface area (Å²) in [6.07, 6.45) is 3.87. The summed E-state index contributed by atoms with van der Waals surface area (Å²) in [6, 6.07) is 1.33. The highest BCUT2D eigenvalue weighted by Crippen LogP contribution is 2.23. The van der Waals surface area contributed by atoms with Crippen LogP contribution < -0.4 is 5.32 Å². The number of methoxy groups -OCH3 is 2. The van der Waals surface area contributed by atoms with Crippen LogP contribution in [-0.4, -0.2) is 42.4 Å². The molecule has 4 heteroatoms. The van der Waals surface area contributed by atoms with E-state index in [9.17, 15) is 0 Å². The van der Waals surface area contributed by atoms with Gasteiger partial charge in [-0.2, -0.15) is 0 Å². The predicted octanol–water partition coefficient (Wildman–Crippen LogP) is 1.61. The lowest BCUT2D eigenvalue weighted by atomic mass is 10.2. The molecule has 0 aromatic carbocycles. The van der Waals surface area contributed by atoms with Crippen LogP contribution in [0.25, 0.3) is 0 Å². The normalized spacial score (nSPS) is 24.4. The Morgan fingerprint density at radius 2 is 2.13 bits per heavy atom. The van der Waals surface area contributed by atoms with Gasteiger partial charge in [0.15, 0.2) is 6.29 Å². The van der Waals surface area contributed by atoms with Crippen LogP contribution in [-0.2, 0) is 9.47 Å². The molecule has 2 unspecified atom stereocenters. The number of rotatable bonds is 6. The highest BCUT2D eigenvalue weighted by molar-refractivity contribution is 6.59. The monoisotopic (exact) mass is 231 g/mol. The van der Waals surface area contributed by atoms with Crippen molar-refractivity contribution in [3.63, 3.8) is 0 Å². The highest BCUT2D eigenvalue weighted by Gasteiger charge is 2.21. The quantitative estimate of drug-likeness (QED) is 0.556. The minimum Gasteiger partial charge on any atom is -0.356 e. The van der Waals surface area contributed by atoms with E-state index in [4.69, 9.17) is 9.47 Å². The van der Waals surface area contributed by atoms with E-state index < -0.39 is 8.80 Å². The van der Waals surface area contributed by atoms with Crippen LogP contribution >= 0.6 is 0 Å². The van der Waals surface area contributed by atoms with Crippen LogP contribution in [0, 0.1) is 0 Å². The smallest absolute Gasteiger partial charge is 0.156 e. The second-order valence-electron chi connectivity index (χ2n) is 4.56. The van der Waals surface area contributed by atoms with Crippen molar-refractivity contribution in [2.75, 3.05) is 27.3 Å². The van der Waals surface area contributed by atoms with Gasteiger partial charge < -0.3 is 14.8 Å². The Bertz CT molecular complexity index is 159. The molecule has 1 heterocycles. The van der Waals surface area contributed by atoms with E-state index in [-0.39, 0.29) is 6.29 Å². The highest BCUT2D eigenvalue weighted by atomic mass is 28.3. The zero-order valence-electron chi connectivity index (χ0n) is 10.3. The van der Waals surface area contributed by atoms with E-state index in [1.807, 2.05) is 0 Å². The molecule has 1 saturated heterocycles. The van der Waals surface area contributed by atoms with Gasteiger partial charge in [-0.3, -0.25) is 0 Å². The van der Waals surface area contributed by atoms with Crippen LogP contribution in [0.15, 0.2) is 0 Å². The fourth-order valence-corrected chi connectivity index (χ4v) is 4.97. The van der Waals surface area contributed by atoms with Gasteiger partial charge in [0, 0.05) is 23.0 Å². The van der Waals surface area contributed by atoms with Crippen LogP contribution in [0.1, 0.15) is 19.3 Å². The molecule has 90 valence electrons. The maximum atomic E-state index is 5.22. The summed E-state index contributed by atoms with van der Waals surface area (Å²) >= 11 is 0. The molecule has 15 heavy (non-hydrogen) atoms. The number of piperidine rings is 1. The largest absolute Gasteiger partial charge is 0.356 e. The van der Waals surface area contributed by atoms with Gasteiger partial charge >= 0.3 is 0 Å². The Labute approximate surface area is 95.1 Å². The minimum absolute atomic E-state index is 0.0106. The van der Waals surface area contributed by atoms with Crippen LogP contribution in [0.4, 0.5) is 0 Å². The second-order valence-corrected chi connectivity index (χ2v) is 8.04. The van der Waals surface area contributed by atoms with Gasteiger partial charge in [-0.1, -0.05) is 19.0 Å². The molecule has 0 spiro atoms. The van der Waals surface area contributed by atoms with Gasteiger partial charge in [0.2, 0.25) is 0 Å². The summed E-state index contributed by atoms with van der Waals surface area (Å²) in [5.74, 6) is 0. The van der Waals surface area contributed by atoms with Crippen LogP contribution in [0.5, 0.6) is 0 Å². The van der Waals surface area contributed by atoms with E-state index in [2.05, 4.69) is 11.9 Å². The first-order chi connectivity index (χ1) is 7.27. The lowest BCUT2D eigenvalue weighted by Gasteiger charge is -2.28. The van der Waals surface area contributed by atoms with Crippen molar-refractivity contribution >= 4 is 8.80 Å². The third-order valence-corrected chi connectivity index (χ3v) is 6.95. The van der Waals surface area contributed by atoms with E-state index in [1.165, 1.54) is 32.0 Å². The van der Waals surface area contributed by atoms with E-state index in [0.717, 1.165) is 12.0 Å². The van der Waals surface area contributed by atoms with Gasteiger partial charge in [0.05, 0.1) is 0 Å². The summed E-state index contributed by atoms with van der Waals surface area (Å²) in [4.78, 5) is 0. The fraction of sp³-hybridized carbons (Fsp3) is 1.00. The van der Waals surface area contributed by atoms with Crippen molar-refractivity contribution in [1.82, 2.24) is 5.32 Å². The first-order valence-electron chi connectivity index (χ1n) is 6.04. The van der Waals surface area contributed by atoms with Crippen LogP contribution in [0.2, 0.25) is 18.1 Å². The third-order valence-electron chi connectivity index (χ3n) is 3.52. The Morgan fingerprint density at radius 1 is 1.40 bits per heavy atom.